The van der Waals surface area contributed by atoms with E-state index in [1.807, 2.05) is 29.7 Å². The molecule has 1 aliphatic heterocycles. The summed E-state index contributed by atoms with van der Waals surface area (Å²) in [6.07, 6.45) is 0.0903. The fourth-order valence-corrected chi connectivity index (χ4v) is 5.60. The van der Waals surface area contributed by atoms with E-state index < -0.39 is 6.04 Å². The van der Waals surface area contributed by atoms with Gasteiger partial charge in [0.25, 0.3) is 0 Å². The van der Waals surface area contributed by atoms with E-state index in [-0.39, 0.29) is 12.4 Å². The van der Waals surface area contributed by atoms with Gasteiger partial charge < -0.3 is 9.47 Å². The Hall–Kier alpha value is -3.78. The molecule has 0 amide bonds. The molecule has 0 saturated heterocycles. The summed E-state index contributed by atoms with van der Waals surface area (Å²) in [6, 6.07) is 15.8. The van der Waals surface area contributed by atoms with Gasteiger partial charge in [-0.15, -0.1) is 21.5 Å². The molecule has 0 N–H and O–H groups in total. The van der Waals surface area contributed by atoms with Crippen LogP contribution >= 0.6 is 11.3 Å². The number of ether oxygens (including phenoxy) is 2. The number of carbonyl (C=O) groups is 1. The highest BCUT2D eigenvalue weighted by Crippen LogP contribution is 2.39. The molecule has 0 saturated carbocycles. The molecular weight excluding hydrogens is 460 g/mol. The smallest absolute Gasteiger partial charge is 0.308 e. The molecule has 0 spiro atoms. The molecule has 7 nitrogen and oxygen atoms in total. The summed E-state index contributed by atoms with van der Waals surface area (Å²) in [7, 11) is 3.06. The molecule has 0 aliphatic carbocycles. The van der Waals surface area contributed by atoms with Gasteiger partial charge in [-0.05, 0) is 49.6 Å². The van der Waals surface area contributed by atoms with Crippen molar-refractivity contribution in [3.8, 4) is 21.9 Å². The van der Waals surface area contributed by atoms with Crippen molar-refractivity contribution in [2.45, 2.75) is 33.2 Å². The number of aryl methyl sites for hydroxylation is 2. The summed E-state index contributed by atoms with van der Waals surface area (Å²) in [5.41, 5.74) is 6.20. The number of methoxy groups -OCH3 is 2. The first-order valence-electron chi connectivity index (χ1n) is 11.3. The van der Waals surface area contributed by atoms with Crippen LogP contribution in [-0.2, 0) is 9.53 Å². The van der Waals surface area contributed by atoms with Crippen LogP contribution in [0.3, 0.4) is 0 Å². The number of hydrogen-bond donors (Lipinski definition) is 0. The largest absolute Gasteiger partial charge is 0.497 e. The van der Waals surface area contributed by atoms with Crippen LogP contribution in [0.5, 0.6) is 5.75 Å². The van der Waals surface area contributed by atoms with E-state index in [1.165, 1.54) is 17.6 Å². The number of aliphatic imine (C=N–C) groups is 1. The van der Waals surface area contributed by atoms with Gasteiger partial charge >= 0.3 is 5.97 Å². The lowest BCUT2D eigenvalue weighted by Crippen LogP contribution is -2.12. The van der Waals surface area contributed by atoms with Crippen molar-refractivity contribution in [2.75, 3.05) is 14.2 Å². The zero-order valence-corrected chi connectivity index (χ0v) is 21.1. The van der Waals surface area contributed by atoms with E-state index in [4.69, 9.17) is 14.5 Å². The highest BCUT2D eigenvalue weighted by atomic mass is 32.1. The molecule has 2 aromatic heterocycles. The van der Waals surface area contributed by atoms with E-state index in [0.717, 1.165) is 44.5 Å². The third kappa shape index (κ3) is 4.04. The molecule has 0 radical (unpaired) electrons. The van der Waals surface area contributed by atoms with Crippen LogP contribution in [0.2, 0.25) is 0 Å². The van der Waals surface area contributed by atoms with Crippen LogP contribution in [-0.4, -0.2) is 40.7 Å². The van der Waals surface area contributed by atoms with Crippen molar-refractivity contribution in [1.82, 2.24) is 14.8 Å². The monoisotopic (exact) mass is 486 g/mol. The van der Waals surface area contributed by atoms with Gasteiger partial charge in [0.1, 0.15) is 22.6 Å². The third-order valence-corrected chi connectivity index (χ3v) is 7.58. The van der Waals surface area contributed by atoms with Gasteiger partial charge in [-0.1, -0.05) is 36.4 Å². The lowest BCUT2D eigenvalue weighted by atomic mass is 9.97. The second kappa shape index (κ2) is 9.11. The first-order valence-corrected chi connectivity index (χ1v) is 12.1. The molecule has 178 valence electrons. The van der Waals surface area contributed by atoms with Crippen molar-refractivity contribution >= 4 is 23.0 Å². The van der Waals surface area contributed by atoms with Crippen LogP contribution in [0, 0.1) is 20.8 Å². The number of nitrogens with zero attached hydrogens (tertiary/aromatic N) is 4. The fourth-order valence-electron chi connectivity index (χ4n) is 4.39. The molecule has 1 atom stereocenters. The molecule has 2 aromatic carbocycles. The van der Waals surface area contributed by atoms with Gasteiger partial charge in [-0.2, -0.15) is 0 Å². The Morgan fingerprint density at radius 1 is 1.00 bits per heavy atom. The first-order chi connectivity index (χ1) is 16.9. The number of thiophene rings is 1. The summed E-state index contributed by atoms with van der Waals surface area (Å²) < 4.78 is 12.4. The summed E-state index contributed by atoms with van der Waals surface area (Å²) in [5, 5.41) is 9.75. The first kappa shape index (κ1) is 23.0. The number of fused-ring (bicyclic) bond motifs is 3. The van der Waals surface area contributed by atoms with Gasteiger partial charge in [-0.3, -0.25) is 14.4 Å². The summed E-state index contributed by atoms with van der Waals surface area (Å²) in [6.45, 7) is 6.15. The van der Waals surface area contributed by atoms with Gasteiger partial charge in [-0.25, -0.2) is 0 Å². The summed E-state index contributed by atoms with van der Waals surface area (Å²) >= 11 is 1.69. The van der Waals surface area contributed by atoms with Crippen molar-refractivity contribution in [3.63, 3.8) is 0 Å². The van der Waals surface area contributed by atoms with E-state index in [0.29, 0.717) is 5.82 Å². The van der Waals surface area contributed by atoms with Crippen LogP contribution in [0.4, 0.5) is 0 Å². The lowest BCUT2D eigenvalue weighted by molar-refractivity contribution is -0.141. The molecule has 5 rings (SSSR count). The molecule has 8 heteroatoms. The Bertz CT molecular complexity index is 1450. The molecule has 0 fully saturated rings. The highest BCUT2D eigenvalue weighted by Gasteiger charge is 2.32. The van der Waals surface area contributed by atoms with Gasteiger partial charge in [0.15, 0.2) is 5.82 Å². The van der Waals surface area contributed by atoms with Crippen molar-refractivity contribution in [2.24, 2.45) is 4.99 Å². The Labute approximate surface area is 208 Å². The van der Waals surface area contributed by atoms with Gasteiger partial charge in [0.05, 0.1) is 26.4 Å². The number of rotatable bonds is 5. The standard InChI is InChI=1S/C27H26N4O3S/c1-15-16(2)35-27-24(15)25(28-22(14-23(32)34-5)26-30-29-17(3)31(26)27)19-11-9-18(10-12-19)20-7-6-8-21(13-20)33-4/h6-13,22H,14H2,1-5H3/t22-/m0/s1. The lowest BCUT2D eigenvalue weighted by Gasteiger charge is -2.12. The third-order valence-electron chi connectivity index (χ3n) is 6.39. The molecule has 0 bridgehead atoms. The number of carbonyl (C=O) groups excluding carboxylic acids is 1. The number of hydrogen-bond acceptors (Lipinski definition) is 7. The summed E-state index contributed by atoms with van der Waals surface area (Å²) in [5.74, 6) is 1.90. The van der Waals surface area contributed by atoms with Gasteiger partial charge in [0, 0.05) is 16.0 Å². The maximum absolute atomic E-state index is 12.3. The SMILES string of the molecule is COC(=O)C[C@@H]1N=C(c2ccc(-c3cccc(OC)c3)cc2)c2c(sc(C)c2C)-n2c(C)nnc21. The number of benzene rings is 2. The topological polar surface area (TPSA) is 78.6 Å². The molecule has 35 heavy (non-hydrogen) atoms. The Morgan fingerprint density at radius 3 is 2.46 bits per heavy atom. The van der Waals surface area contributed by atoms with Crippen LogP contribution < -0.4 is 4.74 Å². The van der Waals surface area contributed by atoms with Crippen LogP contribution in [0.1, 0.15) is 45.7 Å². The second-order valence-corrected chi connectivity index (χ2v) is 9.69. The van der Waals surface area contributed by atoms with Crippen molar-refractivity contribution in [3.05, 3.63) is 81.7 Å². The zero-order valence-electron chi connectivity index (χ0n) is 20.3. The van der Waals surface area contributed by atoms with Gasteiger partial charge in [0.2, 0.25) is 0 Å². The summed E-state index contributed by atoms with van der Waals surface area (Å²) in [4.78, 5) is 18.6. The van der Waals surface area contributed by atoms with Crippen LogP contribution in [0.25, 0.3) is 16.1 Å². The minimum atomic E-state index is -0.504. The maximum atomic E-state index is 12.3. The Balaban J connectivity index is 1.66. The normalized spacial score (nSPS) is 14.5. The maximum Gasteiger partial charge on any atom is 0.308 e. The Morgan fingerprint density at radius 2 is 1.74 bits per heavy atom. The quantitative estimate of drug-likeness (QED) is 0.354. The van der Waals surface area contributed by atoms with E-state index in [1.54, 1.807) is 18.4 Å². The molecule has 3 heterocycles. The molecule has 4 aromatic rings. The number of aromatic nitrogens is 3. The fraction of sp³-hybridized carbons (Fsp3) is 0.259. The highest BCUT2D eigenvalue weighted by molar-refractivity contribution is 7.15. The zero-order chi connectivity index (χ0) is 24.7. The molecule has 1 aliphatic rings. The van der Waals surface area contributed by atoms with E-state index >= 15 is 0 Å². The van der Waals surface area contributed by atoms with Crippen molar-refractivity contribution in [1.29, 1.82) is 0 Å². The predicted octanol–water partition coefficient (Wildman–Crippen LogP) is 5.38. The average Bonchev–Trinajstić information content (AvgIpc) is 3.36. The average molecular weight is 487 g/mol. The molecule has 0 unspecified atom stereocenters. The van der Waals surface area contributed by atoms with E-state index in [2.05, 4.69) is 54.4 Å². The van der Waals surface area contributed by atoms with E-state index in [9.17, 15) is 4.79 Å². The minimum Gasteiger partial charge on any atom is -0.497 e. The second-order valence-electron chi connectivity index (χ2n) is 8.49. The number of esters is 1. The minimum absolute atomic E-state index is 0.0903. The van der Waals surface area contributed by atoms with Crippen molar-refractivity contribution < 1.29 is 14.3 Å². The van der Waals surface area contributed by atoms with Crippen LogP contribution in [0.15, 0.2) is 53.5 Å². The Kier molecular flexibility index (Phi) is 5.98. The molecular formula is C27H26N4O3S. The predicted molar refractivity (Wildman–Crippen MR) is 137 cm³/mol.